The molecule has 0 radical (unpaired) electrons. The number of nitrogens with zero attached hydrogens (tertiary/aromatic N) is 1. The van der Waals surface area contributed by atoms with Gasteiger partial charge in [0.2, 0.25) is 0 Å². The monoisotopic (exact) mass is 315 g/mol. The van der Waals surface area contributed by atoms with Crippen LogP contribution in [0.25, 0.3) is 0 Å². The molecule has 0 aliphatic heterocycles. The van der Waals surface area contributed by atoms with Gasteiger partial charge < -0.3 is 9.47 Å². The lowest BCUT2D eigenvalue weighted by Gasteiger charge is -2.10. The van der Waals surface area contributed by atoms with Gasteiger partial charge in [0.25, 0.3) is 0 Å². The van der Waals surface area contributed by atoms with Crippen molar-refractivity contribution in [3.8, 4) is 11.5 Å². The van der Waals surface area contributed by atoms with E-state index in [1.807, 2.05) is 0 Å². The highest BCUT2D eigenvalue weighted by atomic mass is 32.2. The number of alkyl halides is 3. The molecule has 1 aromatic carbocycles. The molecule has 0 amide bonds. The minimum Gasteiger partial charge on any atom is -0.493 e. The SMILES string of the molecule is COc1ccc(Sc2cccc(C(F)(F)F)n2)cc1OC. The van der Waals surface area contributed by atoms with E-state index >= 15 is 0 Å². The summed E-state index contributed by atoms with van der Waals surface area (Å²) < 4.78 is 48.1. The average molecular weight is 315 g/mol. The predicted octanol–water partition coefficient (Wildman–Crippen LogP) is 4.27. The fourth-order valence-corrected chi connectivity index (χ4v) is 2.46. The molecule has 3 nitrogen and oxygen atoms in total. The normalized spacial score (nSPS) is 11.3. The van der Waals surface area contributed by atoms with Gasteiger partial charge in [-0.1, -0.05) is 17.8 Å². The molecule has 0 unspecified atom stereocenters. The molecule has 2 rings (SSSR count). The highest BCUT2D eigenvalue weighted by molar-refractivity contribution is 7.99. The van der Waals surface area contributed by atoms with Crippen molar-refractivity contribution in [1.29, 1.82) is 0 Å². The summed E-state index contributed by atoms with van der Waals surface area (Å²) in [7, 11) is 3.01. The fourth-order valence-electron chi connectivity index (χ4n) is 1.63. The molecule has 0 fully saturated rings. The molecule has 1 heterocycles. The van der Waals surface area contributed by atoms with Gasteiger partial charge in [0.1, 0.15) is 10.7 Å². The molecule has 2 aromatic rings. The number of hydrogen-bond donors (Lipinski definition) is 0. The van der Waals surface area contributed by atoms with Crippen LogP contribution in [0.2, 0.25) is 0 Å². The van der Waals surface area contributed by atoms with Gasteiger partial charge in [0, 0.05) is 4.90 Å². The molecular formula is C14H12F3NO2S. The number of rotatable bonds is 4. The summed E-state index contributed by atoms with van der Waals surface area (Å²) >= 11 is 1.12. The Morgan fingerprint density at radius 3 is 2.33 bits per heavy atom. The van der Waals surface area contributed by atoms with E-state index in [0.717, 1.165) is 17.8 Å². The van der Waals surface area contributed by atoms with Gasteiger partial charge in [-0.3, -0.25) is 0 Å². The molecule has 7 heteroatoms. The van der Waals surface area contributed by atoms with Gasteiger partial charge in [-0.2, -0.15) is 13.2 Å². The Labute approximate surface area is 124 Å². The molecule has 0 saturated heterocycles. The van der Waals surface area contributed by atoms with Gasteiger partial charge in [-0.15, -0.1) is 0 Å². The molecule has 0 spiro atoms. The summed E-state index contributed by atoms with van der Waals surface area (Å²) in [5, 5.41) is 0.261. The Hall–Kier alpha value is -1.89. The summed E-state index contributed by atoms with van der Waals surface area (Å²) in [5.41, 5.74) is -0.909. The zero-order chi connectivity index (χ0) is 15.5. The van der Waals surface area contributed by atoms with E-state index in [9.17, 15) is 13.2 Å². The first-order chi connectivity index (χ1) is 9.94. The Balaban J connectivity index is 2.26. The first-order valence-electron chi connectivity index (χ1n) is 5.88. The number of hydrogen-bond acceptors (Lipinski definition) is 4. The van der Waals surface area contributed by atoms with Crippen molar-refractivity contribution >= 4 is 11.8 Å². The second kappa shape index (κ2) is 6.26. The minimum atomic E-state index is -4.45. The molecule has 0 saturated carbocycles. The highest BCUT2D eigenvalue weighted by Crippen LogP contribution is 2.35. The second-order valence-corrected chi connectivity index (χ2v) is 5.07. The van der Waals surface area contributed by atoms with Crippen LogP contribution in [0, 0.1) is 0 Å². The quantitative estimate of drug-likeness (QED) is 0.843. The van der Waals surface area contributed by atoms with Crippen molar-refractivity contribution in [3.05, 3.63) is 42.1 Å². The van der Waals surface area contributed by atoms with Crippen LogP contribution < -0.4 is 9.47 Å². The summed E-state index contributed by atoms with van der Waals surface area (Å²) in [4.78, 5) is 4.31. The van der Waals surface area contributed by atoms with E-state index in [1.54, 1.807) is 18.2 Å². The third-order valence-corrected chi connectivity index (χ3v) is 3.52. The van der Waals surface area contributed by atoms with Crippen LogP contribution in [-0.4, -0.2) is 19.2 Å². The van der Waals surface area contributed by atoms with Crippen molar-refractivity contribution in [3.63, 3.8) is 0 Å². The zero-order valence-electron chi connectivity index (χ0n) is 11.3. The predicted molar refractivity (Wildman–Crippen MR) is 72.9 cm³/mol. The maximum absolute atomic E-state index is 12.6. The van der Waals surface area contributed by atoms with Crippen molar-refractivity contribution < 1.29 is 22.6 Å². The van der Waals surface area contributed by atoms with Crippen LogP contribution in [0.5, 0.6) is 11.5 Å². The molecule has 21 heavy (non-hydrogen) atoms. The lowest BCUT2D eigenvalue weighted by molar-refractivity contribution is -0.141. The second-order valence-electron chi connectivity index (χ2n) is 3.98. The van der Waals surface area contributed by atoms with Gasteiger partial charge in [0.15, 0.2) is 11.5 Å². The molecule has 0 N–H and O–H groups in total. The molecule has 0 aliphatic carbocycles. The third-order valence-electron chi connectivity index (χ3n) is 2.59. The highest BCUT2D eigenvalue weighted by Gasteiger charge is 2.32. The molecule has 0 aliphatic rings. The largest absolute Gasteiger partial charge is 0.493 e. The number of pyridine rings is 1. The zero-order valence-corrected chi connectivity index (χ0v) is 12.1. The summed E-state index contributed by atoms with van der Waals surface area (Å²) in [5.74, 6) is 1.06. The maximum Gasteiger partial charge on any atom is 0.433 e. The first-order valence-corrected chi connectivity index (χ1v) is 6.70. The summed E-state index contributed by atoms with van der Waals surface area (Å²) in [6.45, 7) is 0. The van der Waals surface area contributed by atoms with Crippen LogP contribution in [-0.2, 0) is 6.18 Å². The smallest absolute Gasteiger partial charge is 0.433 e. The molecule has 1 aromatic heterocycles. The molecule has 112 valence electrons. The molecule has 0 atom stereocenters. The minimum absolute atomic E-state index is 0.261. The summed E-state index contributed by atoms with van der Waals surface area (Å²) in [6.07, 6.45) is -4.45. The van der Waals surface area contributed by atoms with Crippen LogP contribution in [0.4, 0.5) is 13.2 Å². The summed E-state index contributed by atoms with van der Waals surface area (Å²) in [6, 6.07) is 8.91. The lowest BCUT2D eigenvalue weighted by atomic mass is 10.3. The Morgan fingerprint density at radius 2 is 1.71 bits per heavy atom. The number of aromatic nitrogens is 1. The van der Waals surface area contributed by atoms with Crippen LogP contribution in [0.1, 0.15) is 5.69 Å². The van der Waals surface area contributed by atoms with E-state index in [0.29, 0.717) is 16.4 Å². The van der Waals surface area contributed by atoms with Crippen molar-refractivity contribution in [1.82, 2.24) is 4.98 Å². The third kappa shape index (κ3) is 3.81. The average Bonchev–Trinajstić information content (AvgIpc) is 2.46. The van der Waals surface area contributed by atoms with E-state index in [-0.39, 0.29) is 5.03 Å². The van der Waals surface area contributed by atoms with Gasteiger partial charge in [0.05, 0.1) is 14.2 Å². The molecular weight excluding hydrogens is 303 g/mol. The van der Waals surface area contributed by atoms with Gasteiger partial charge in [-0.05, 0) is 30.3 Å². The fraction of sp³-hybridized carbons (Fsp3) is 0.214. The van der Waals surface area contributed by atoms with Crippen LogP contribution in [0.15, 0.2) is 46.3 Å². The Kier molecular flexibility index (Phi) is 4.62. The van der Waals surface area contributed by atoms with E-state index in [1.165, 1.54) is 26.4 Å². The molecule has 0 bridgehead atoms. The first kappa shape index (κ1) is 15.5. The van der Waals surface area contributed by atoms with E-state index < -0.39 is 11.9 Å². The van der Waals surface area contributed by atoms with E-state index in [2.05, 4.69) is 4.98 Å². The van der Waals surface area contributed by atoms with Crippen LogP contribution >= 0.6 is 11.8 Å². The lowest BCUT2D eigenvalue weighted by Crippen LogP contribution is -2.07. The number of benzene rings is 1. The van der Waals surface area contributed by atoms with Gasteiger partial charge >= 0.3 is 6.18 Å². The van der Waals surface area contributed by atoms with Gasteiger partial charge in [-0.25, -0.2) is 4.98 Å². The topological polar surface area (TPSA) is 31.4 Å². The standard InChI is InChI=1S/C14H12F3NO2S/c1-19-10-7-6-9(8-11(10)20-2)21-13-5-3-4-12(18-13)14(15,16)17/h3-8H,1-2H3. The number of halogens is 3. The van der Waals surface area contributed by atoms with Crippen molar-refractivity contribution in [2.75, 3.05) is 14.2 Å². The maximum atomic E-state index is 12.6. The Morgan fingerprint density at radius 1 is 1.00 bits per heavy atom. The van der Waals surface area contributed by atoms with E-state index in [4.69, 9.17) is 9.47 Å². The number of ether oxygens (including phenoxy) is 2. The van der Waals surface area contributed by atoms with Crippen molar-refractivity contribution in [2.24, 2.45) is 0 Å². The van der Waals surface area contributed by atoms with Crippen LogP contribution in [0.3, 0.4) is 0 Å². The Bertz CT molecular complexity index is 632. The van der Waals surface area contributed by atoms with Crippen molar-refractivity contribution in [2.45, 2.75) is 16.1 Å². The number of methoxy groups -OCH3 is 2.